The maximum Gasteiger partial charge on any atom is 0.248 e. The number of hydrogen-bond donors (Lipinski definition) is 1. The first-order valence-electron chi connectivity index (χ1n) is 8.90. The fourth-order valence-corrected chi connectivity index (χ4v) is 4.54. The van der Waals surface area contributed by atoms with Gasteiger partial charge in [0.25, 0.3) is 0 Å². The van der Waals surface area contributed by atoms with Gasteiger partial charge in [-0.05, 0) is 48.4 Å². The van der Waals surface area contributed by atoms with Crippen molar-refractivity contribution in [2.24, 2.45) is 0 Å². The molecule has 0 bridgehead atoms. The summed E-state index contributed by atoms with van der Waals surface area (Å²) in [5, 5.41) is 3.56. The van der Waals surface area contributed by atoms with Crippen molar-refractivity contribution < 1.29 is 17.9 Å². The van der Waals surface area contributed by atoms with E-state index in [1.165, 1.54) is 16.4 Å². The van der Waals surface area contributed by atoms with Gasteiger partial charge in [-0.2, -0.15) is 4.31 Å². The highest BCUT2D eigenvalue weighted by atomic mass is 35.5. The van der Waals surface area contributed by atoms with E-state index in [0.717, 1.165) is 11.1 Å². The van der Waals surface area contributed by atoms with Crippen LogP contribution in [0.3, 0.4) is 0 Å². The van der Waals surface area contributed by atoms with E-state index in [9.17, 15) is 13.2 Å². The van der Waals surface area contributed by atoms with Crippen LogP contribution < -0.4 is 5.32 Å². The molecule has 0 spiro atoms. The second-order valence-electron chi connectivity index (χ2n) is 6.49. The number of sulfonamides is 1. The standard InChI is InChI=1S/C20H20Cl2N2O4S/c1-14-2-5-16(29(26,27)24-8-10-28-11-9-24)13-19(14)23-20(25)7-4-15-3-6-17(21)18(22)12-15/h2-7,12-13H,8-11H2,1H3,(H,23,25)/b7-4+. The Hall–Kier alpha value is -1.90. The van der Waals surface area contributed by atoms with E-state index in [-0.39, 0.29) is 10.8 Å². The molecule has 1 saturated heterocycles. The van der Waals surface area contributed by atoms with E-state index in [0.29, 0.717) is 42.0 Å². The fraction of sp³-hybridized carbons (Fsp3) is 0.250. The first-order chi connectivity index (χ1) is 13.8. The van der Waals surface area contributed by atoms with Crippen molar-refractivity contribution in [1.29, 1.82) is 0 Å². The van der Waals surface area contributed by atoms with Crippen molar-refractivity contribution in [2.75, 3.05) is 31.6 Å². The van der Waals surface area contributed by atoms with Crippen LogP contribution in [0.25, 0.3) is 6.08 Å². The van der Waals surface area contributed by atoms with Crippen molar-refractivity contribution in [2.45, 2.75) is 11.8 Å². The van der Waals surface area contributed by atoms with Gasteiger partial charge in [-0.15, -0.1) is 0 Å². The van der Waals surface area contributed by atoms with Gasteiger partial charge in [0.2, 0.25) is 15.9 Å². The molecule has 0 aromatic heterocycles. The number of nitrogens with one attached hydrogen (secondary N) is 1. The Bertz CT molecular complexity index is 1050. The molecule has 6 nitrogen and oxygen atoms in total. The number of morpholine rings is 1. The number of benzene rings is 2. The summed E-state index contributed by atoms with van der Waals surface area (Å²) in [7, 11) is -3.64. The Morgan fingerprint density at radius 2 is 1.83 bits per heavy atom. The Labute approximate surface area is 180 Å². The normalized spacial score (nSPS) is 15.6. The smallest absolute Gasteiger partial charge is 0.248 e. The molecule has 0 radical (unpaired) electrons. The predicted molar refractivity (Wildman–Crippen MR) is 115 cm³/mol. The van der Waals surface area contributed by atoms with Crippen LogP contribution in [0.4, 0.5) is 5.69 Å². The monoisotopic (exact) mass is 454 g/mol. The highest BCUT2D eigenvalue weighted by Gasteiger charge is 2.26. The third-order valence-corrected chi connectivity index (χ3v) is 7.08. The first kappa shape index (κ1) is 21.8. The van der Waals surface area contributed by atoms with Crippen molar-refractivity contribution >= 4 is 50.9 Å². The minimum Gasteiger partial charge on any atom is -0.379 e. The summed E-state index contributed by atoms with van der Waals surface area (Å²) in [6.07, 6.45) is 2.95. The Balaban J connectivity index is 1.76. The molecule has 0 unspecified atom stereocenters. The number of carbonyl (C=O) groups is 1. The molecule has 2 aromatic rings. The van der Waals surface area contributed by atoms with Gasteiger partial charge in [0, 0.05) is 24.9 Å². The topological polar surface area (TPSA) is 75.7 Å². The molecule has 2 aromatic carbocycles. The molecule has 1 aliphatic heterocycles. The molecule has 0 saturated carbocycles. The fourth-order valence-electron chi connectivity index (χ4n) is 2.79. The number of rotatable bonds is 5. The minimum atomic E-state index is -3.64. The second-order valence-corrected chi connectivity index (χ2v) is 9.24. The van der Waals surface area contributed by atoms with Gasteiger partial charge in [0.15, 0.2) is 0 Å². The molecule has 1 N–H and O–H groups in total. The van der Waals surface area contributed by atoms with Crippen LogP contribution >= 0.6 is 23.2 Å². The lowest BCUT2D eigenvalue weighted by Crippen LogP contribution is -2.40. The third kappa shape index (κ3) is 5.38. The third-order valence-electron chi connectivity index (χ3n) is 4.45. The maximum atomic E-state index is 12.8. The van der Waals surface area contributed by atoms with E-state index in [1.54, 1.807) is 43.3 Å². The number of amides is 1. The lowest BCUT2D eigenvalue weighted by molar-refractivity contribution is -0.111. The summed E-state index contributed by atoms with van der Waals surface area (Å²) >= 11 is 11.8. The SMILES string of the molecule is Cc1ccc(S(=O)(=O)N2CCOCC2)cc1NC(=O)/C=C/c1ccc(Cl)c(Cl)c1. The van der Waals surface area contributed by atoms with Gasteiger partial charge in [-0.3, -0.25) is 4.79 Å². The molecule has 1 aliphatic rings. The van der Waals surface area contributed by atoms with E-state index in [1.807, 2.05) is 0 Å². The van der Waals surface area contributed by atoms with Gasteiger partial charge < -0.3 is 10.1 Å². The largest absolute Gasteiger partial charge is 0.379 e. The second kappa shape index (κ2) is 9.28. The van der Waals surface area contributed by atoms with Crippen molar-refractivity contribution in [3.05, 3.63) is 63.6 Å². The van der Waals surface area contributed by atoms with Crippen LogP contribution in [-0.4, -0.2) is 44.9 Å². The summed E-state index contributed by atoms with van der Waals surface area (Å²) in [5.41, 5.74) is 1.90. The highest BCUT2D eigenvalue weighted by molar-refractivity contribution is 7.89. The molecular weight excluding hydrogens is 435 g/mol. The van der Waals surface area contributed by atoms with Gasteiger partial charge in [0.1, 0.15) is 0 Å². The van der Waals surface area contributed by atoms with Crippen LogP contribution in [0.2, 0.25) is 10.0 Å². The predicted octanol–water partition coefficient (Wildman–Crippen LogP) is 3.97. The lowest BCUT2D eigenvalue weighted by Gasteiger charge is -2.26. The quantitative estimate of drug-likeness (QED) is 0.693. The zero-order valence-corrected chi connectivity index (χ0v) is 18.0. The summed E-state index contributed by atoms with van der Waals surface area (Å²) in [6, 6.07) is 9.72. The van der Waals surface area contributed by atoms with Crippen LogP contribution in [-0.2, 0) is 19.6 Å². The van der Waals surface area contributed by atoms with Gasteiger partial charge in [0.05, 0.1) is 28.2 Å². The summed E-state index contributed by atoms with van der Waals surface area (Å²) in [6.45, 7) is 3.15. The molecular formula is C20H20Cl2N2O4S. The van der Waals surface area contributed by atoms with Gasteiger partial charge in [-0.1, -0.05) is 35.3 Å². The Morgan fingerprint density at radius 3 is 2.52 bits per heavy atom. The van der Waals surface area contributed by atoms with Crippen molar-refractivity contribution in [1.82, 2.24) is 4.31 Å². The molecule has 1 amide bonds. The number of ether oxygens (including phenoxy) is 1. The minimum absolute atomic E-state index is 0.133. The van der Waals surface area contributed by atoms with Crippen LogP contribution in [0.1, 0.15) is 11.1 Å². The average molecular weight is 455 g/mol. The molecule has 29 heavy (non-hydrogen) atoms. The van der Waals surface area contributed by atoms with E-state index >= 15 is 0 Å². The Kier molecular flexibility index (Phi) is 6.97. The zero-order valence-electron chi connectivity index (χ0n) is 15.7. The zero-order chi connectivity index (χ0) is 21.0. The first-order valence-corrected chi connectivity index (χ1v) is 11.1. The van der Waals surface area contributed by atoms with Crippen LogP contribution in [0.5, 0.6) is 0 Å². The summed E-state index contributed by atoms with van der Waals surface area (Å²) < 4.78 is 32.3. The number of hydrogen-bond acceptors (Lipinski definition) is 4. The number of nitrogens with zero attached hydrogens (tertiary/aromatic N) is 1. The lowest BCUT2D eigenvalue weighted by atomic mass is 10.2. The number of halogens is 2. The number of aryl methyl sites for hydroxylation is 1. The molecule has 3 rings (SSSR count). The van der Waals surface area contributed by atoms with E-state index in [4.69, 9.17) is 27.9 Å². The van der Waals surface area contributed by atoms with Gasteiger partial charge >= 0.3 is 0 Å². The maximum absolute atomic E-state index is 12.8. The summed E-state index contributed by atoms with van der Waals surface area (Å²) in [5.74, 6) is -0.389. The van der Waals surface area contributed by atoms with Crippen LogP contribution in [0.15, 0.2) is 47.4 Å². The highest BCUT2D eigenvalue weighted by Crippen LogP contribution is 2.25. The molecule has 0 atom stereocenters. The number of anilines is 1. The average Bonchev–Trinajstić information content (AvgIpc) is 2.71. The van der Waals surface area contributed by atoms with Crippen LogP contribution in [0, 0.1) is 6.92 Å². The van der Waals surface area contributed by atoms with Crippen molar-refractivity contribution in [3.63, 3.8) is 0 Å². The molecule has 1 fully saturated rings. The van der Waals surface area contributed by atoms with E-state index < -0.39 is 10.0 Å². The molecule has 0 aliphatic carbocycles. The van der Waals surface area contributed by atoms with E-state index in [2.05, 4.69) is 5.32 Å². The van der Waals surface area contributed by atoms with Crippen molar-refractivity contribution in [3.8, 4) is 0 Å². The summed E-state index contributed by atoms with van der Waals surface area (Å²) in [4.78, 5) is 12.5. The van der Waals surface area contributed by atoms with Gasteiger partial charge in [-0.25, -0.2) is 8.42 Å². The molecule has 1 heterocycles. The molecule has 154 valence electrons. The Morgan fingerprint density at radius 1 is 1.10 bits per heavy atom. The number of carbonyl (C=O) groups excluding carboxylic acids is 1. The molecule has 9 heteroatoms.